The van der Waals surface area contributed by atoms with E-state index in [1.165, 1.54) is 7.11 Å². The molecule has 4 nitrogen and oxygen atoms in total. The van der Waals surface area contributed by atoms with Crippen molar-refractivity contribution in [1.29, 1.82) is 0 Å². The highest BCUT2D eigenvalue weighted by atomic mass is 79.9. The van der Waals surface area contributed by atoms with Gasteiger partial charge in [-0.25, -0.2) is 0 Å². The molecule has 22 heavy (non-hydrogen) atoms. The first-order chi connectivity index (χ1) is 10.5. The maximum absolute atomic E-state index is 10.4. The number of aliphatic hydroxyl groups excluding tert-OH is 1. The predicted octanol–water partition coefficient (Wildman–Crippen LogP) is 3.53. The number of aromatic hydroxyl groups is 1. The van der Waals surface area contributed by atoms with Gasteiger partial charge in [-0.05, 0) is 49.1 Å². The van der Waals surface area contributed by atoms with Crippen LogP contribution in [-0.2, 0) is 6.42 Å². The molecule has 0 aromatic heterocycles. The fraction of sp³-hybridized carbons (Fsp3) is 0.250. The molecule has 0 heterocycles. The van der Waals surface area contributed by atoms with Gasteiger partial charge in [0.25, 0.3) is 0 Å². The van der Waals surface area contributed by atoms with Gasteiger partial charge in [0, 0.05) is 10.9 Å². The van der Waals surface area contributed by atoms with Crippen molar-refractivity contribution in [3.8, 4) is 11.5 Å². The number of aliphatic hydroxyl groups is 1. The van der Waals surface area contributed by atoms with Gasteiger partial charge < -0.3 is 20.7 Å². The van der Waals surface area contributed by atoms with Crippen LogP contribution >= 0.6 is 31.9 Å². The summed E-state index contributed by atoms with van der Waals surface area (Å²) in [5.41, 5.74) is 7.86. The maximum atomic E-state index is 10.4. The molecular formula is C16H17Br2NO3. The number of halogens is 2. The van der Waals surface area contributed by atoms with Crippen molar-refractivity contribution in [2.75, 3.05) is 7.11 Å². The number of rotatable bonds is 5. The summed E-state index contributed by atoms with van der Waals surface area (Å²) in [6.45, 7) is 0. The molecular weight excluding hydrogens is 414 g/mol. The van der Waals surface area contributed by atoms with Crippen molar-refractivity contribution in [2.24, 2.45) is 5.73 Å². The van der Waals surface area contributed by atoms with Crippen molar-refractivity contribution in [3.63, 3.8) is 0 Å². The Hall–Kier alpha value is -1.08. The summed E-state index contributed by atoms with van der Waals surface area (Å²) in [6, 6.07) is 10.7. The summed E-state index contributed by atoms with van der Waals surface area (Å²) < 4.78 is 6.18. The molecule has 118 valence electrons. The van der Waals surface area contributed by atoms with E-state index in [0.29, 0.717) is 26.7 Å². The van der Waals surface area contributed by atoms with Crippen LogP contribution in [0.15, 0.2) is 45.3 Å². The number of methoxy groups -OCH3 is 1. The molecule has 0 aliphatic heterocycles. The van der Waals surface area contributed by atoms with Gasteiger partial charge in [0.05, 0.1) is 23.7 Å². The number of ether oxygens (including phenoxy) is 1. The van der Waals surface area contributed by atoms with Gasteiger partial charge in [-0.1, -0.05) is 30.3 Å². The van der Waals surface area contributed by atoms with Crippen LogP contribution in [0.2, 0.25) is 0 Å². The molecule has 0 bridgehead atoms. The van der Waals surface area contributed by atoms with E-state index in [1.54, 1.807) is 6.07 Å². The lowest BCUT2D eigenvalue weighted by Gasteiger charge is -2.22. The molecule has 0 radical (unpaired) electrons. The average Bonchev–Trinajstić information content (AvgIpc) is 2.53. The molecule has 0 amide bonds. The Labute approximate surface area is 146 Å². The summed E-state index contributed by atoms with van der Waals surface area (Å²) in [7, 11) is 1.46. The van der Waals surface area contributed by atoms with Crippen molar-refractivity contribution < 1.29 is 14.9 Å². The number of nitrogens with two attached hydrogens (primary N) is 1. The summed E-state index contributed by atoms with van der Waals surface area (Å²) in [5, 5.41) is 20.4. The second-order valence-electron chi connectivity index (χ2n) is 4.93. The first-order valence-electron chi connectivity index (χ1n) is 6.68. The van der Waals surface area contributed by atoms with Gasteiger partial charge in [0.15, 0.2) is 11.5 Å². The summed E-state index contributed by atoms with van der Waals surface area (Å²) in [5.74, 6) is 0.287. The van der Waals surface area contributed by atoms with Crippen LogP contribution in [0.25, 0.3) is 0 Å². The van der Waals surface area contributed by atoms with Crippen LogP contribution in [0.3, 0.4) is 0 Å². The van der Waals surface area contributed by atoms with E-state index < -0.39 is 12.1 Å². The zero-order chi connectivity index (χ0) is 16.3. The van der Waals surface area contributed by atoms with Gasteiger partial charge in [-0.2, -0.15) is 0 Å². The molecule has 0 fully saturated rings. The van der Waals surface area contributed by atoms with Crippen LogP contribution < -0.4 is 10.5 Å². The molecule has 2 aromatic carbocycles. The van der Waals surface area contributed by atoms with Crippen LogP contribution in [0, 0.1) is 0 Å². The van der Waals surface area contributed by atoms with Gasteiger partial charge in [0.2, 0.25) is 0 Å². The topological polar surface area (TPSA) is 75.7 Å². The van der Waals surface area contributed by atoms with Gasteiger partial charge >= 0.3 is 0 Å². The minimum Gasteiger partial charge on any atom is -0.503 e. The number of hydrogen-bond acceptors (Lipinski definition) is 4. The fourth-order valence-electron chi connectivity index (χ4n) is 2.20. The SMILES string of the molecule is COc1cc([C@H](N)[C@H](O)Cc2ccccc2)c(Br)c(Br)c1O. The minimum absolute atomic E-state index is 0.0112. The molecule has 0 aliphatic carbocycles. The Bertz CT molecular complexity index is 650. The van der Waals surface area contributed by atoms with Crippen molar-refractivity contribution in [1.82, 2.24) is 0 Å². The first-order valence-corrected chi connectivity index (χ1v) is 8.26. The number of benzene rings is 2. The monoisotopic (exact) mass is 429 g/mol. The second kappa shape index (κ2) is 7.46. The Balaban J connectivity index is 2.29. The van der Waals surface area contributed by atoms with E-state index in [-0.39, 0.29) is 5.75 Å². The van der Waals surface area contributed by atoms with Crippen molar-refractivity contribution in [2.45, 2.75) is 18.6 Å². The lowest BCUT2D eigenvalue weighted by molar-refractivity contribution is 0.144. The van der Waals surface area contributed by atoms with E-state index in [0.717, 1.165) is 5.56 Å². The summed E-state index contributed by atoms with van der Waals surface area (Å²) >= 11 is 6.69. The highest BCUT2D eigenvalue weighted by molar-refractivity contribution is 9.13. The van der Waals surface area contributed by atoms with Crippen LogP contribution in [0.4, 0.5) is 0 Å². The zero-order valence-corrected chi connectivity index (χ0v) is 15.1. The standard InChI is InChI=1S/C16H17Br2NO3/c1-22-12-8-10(13(17)14(18)16(12)21)15(19)11(20)7-9-5-3-2-4-6-9/h2-6,8,11,15,20-21H,7,19H2,1H3/t11-,15+/m1/s1. The molecule has 6 heteroatoms. The lowest BCUT2D eigenvalue weighted by atomic mass is 9.96. The predicted molar refractivity (Wildman–Crippen MR) is 93.1 cm³/mol. The minimum atomic E-state index is -0.764. The number of phenolic OH excluding ortho intramolecular Hbond substituents is 1. The smallest absolute Gasteiger partial charge is 0.173 e. The molecule has 2 rings (SSSR count). The fourth-order valence-corrected chi connectivity index (χ4v) is 3.19. The first kappa shape index (κ1) is 17.3. The molecule has 4 N–H and O–H groups in total. The molecule has 0 unspecified atom stereocenters. The quantitative estimate of drug-likeness (QED) is 0.678. The Morgan fingerprint density at radius 3 is 2.41 bits per heavy atom. The van der Waals surface area contributed by atoms with Crippen molar-refractivity contribution in [3.05, 3.63) is 56.5 Å². The highest BCUT2D eigenvalue weighted by Gasteiger charge is 2.24. The van der Waals surface area contributed by atoms with E-state index >= 15 is 0 Å². The van der Waals surface area contributed by atoms with E-state index in [9.17, 15) is 10.2 Å². The second-order valence-corrected chi connectivity index (χ2v) is 6.51. The van der Waals surface area contributed by atoms with Crippen LogP contribution in [0.5, 0.6) is 11.5 Å². The van der Waals surface area contributed by atoms with E-state index in [4.69, 9.17) is 10.5 Å². The molecule has 2 atom stereocenters. The Morgan fingerprint density at radius 2 is 1.82 bits per heavy atom. The average molecular weight is 431 g/mol. The maximum Gasteiger partial charge on any atom is 0.173 e. The van der Waals surface area contributed by atoms with E-state index in [2.05, 4.69) is 31.9 Å². The van der Waals surface area contributed by atoms with Crippen molar-refractivity contribution >= 4 is 31.9 Å². The lowest BCUT2D eigenvalue weighted by Crippen LogP contribution is -2.28. The number of phenols is 1. The van der Waals surface area contributed by atoms with Gasteiger partial charge in [-0.15, -0.1) is 0 Å². The molecule has 2 aromatic rings. The summed E-state index contributed by atoms with van der Waals surface area (Å²) in [4.78, 5) is 0. The molecule has 0 spiro atoms. The van der Waals surface area contributed by atoms with Gasteiger partial charge in [-0.3, -0.25) is 0 Å². The molecule has 0 aliphatic rings. The third kappa shape index (κ3) is 3.63. The van der Waals surface area contributed by atoms with E-state index in [1.807, 2.05) is 30.3 Å². The Morgan fingerprint density at radius 1 is 1.18 bits per heavy atom. The van der Waals surface area contributed by atoms with Gasteiger partial charge in [0.1, 0.15) is 0 Å². The number of hydrogen-bond donors (Lipinski definition) is 3. The zero-order valence-electron chi connectivity index (χ0n) is 12.0. The highest BCUT2D eigenvalue weighted by Crippen LogP contribution is 2.43. The van der Waals surface area contributed by atoms with Crippen LogP contribution in [-0.4, -0.2) is 23.4 Å². The third-order valence-corrected chi connectivity index (χ3v) is 5.61. The largest absolute Gasteiger partial charge is 0.503 e. The summed E-state index contributed by atoms with van der Waals surface area (Å²) in [6.07, 6.45) is -0.324. The van der Waals surface area contributed by atoms with Crippen LogP contribution in [0.1, 0.15) is 17.2 Å². The molecule has 0 saturated heterocycles. The third-order valence-electron chi connectivity index (χ3n) is 3.46. The molecule has 0 saturated carbocycles. The Kier molecular flexibility index (Phi) is 5.86. The normalized spacial score (nSPS) is 13.7.